The second kappa shape index (κ2) is 14.7. The first kappa shape index (κ1) is 37.3. The van der Waals surface area contributed by atoms with Crippen LogP contribution in [0, 0.1) is 0 Å². The maximum absolute atomic E-state index is 7.17. The fraction of sp³-hybridized carbons (Fsp3) is 0. The lowest BCUT2D eigenvalue weighted by molar-refractivity contribution is 0.668. The Bertz CT molecular complexity index is 4370. The molecule has 67 heavy (non-hydrogen) atoms. The molecule has 0 aliphatic carbocycles. The van der Waals surface area contributed by atoms with Crippen molar-refractivity contribution in [1.29, 1.82) is 0 Å². The summed E-state index contributed by atoms with van der Waals surface area (Å²) in [5.74, 6) is 0.595. The number of benzene rings is 11. The predicted molar refractivity (Wildman–Crippen MR) is 281 cm³/mol. The summed E-state index contributed by atoms with van der Waals surface area (Å²) in [6.07, 6.45) is 1.98. The number of aromatic nitrogens is 1. The number of furan rings is 1. The Morgan fingerprint density at radius 1 is 0.388 bits per heavy atom. The molecule has 13 aromatic rings. The van der Waals surface area contributed by atoms with Gasteiger partial charge in [0.25, 0.3) is 0 Å². The SMILES string of the molecule is C1=CC(c2ccc3ccccc3c2)=NC(c2cccc(-c3ccccc3)c2)=NC=1c1ccc(-n2c3cc4ccccc4cc3c3c4ccccc4ccc32)c2c1oc1cc3ccccc3cc12. The van der Waals surface area contributed by atoms with Crippen molar-refractivity contribution in [3.8, 4) is 16.8 Å². The Hall–Kier alpha value is -9.08. The minimum absolute atomic E-state index is 0.595. The first-order valence-electron chi connectivity index (χ1n) is 22.7. The maximum Gasteiger partial charge on any atom is 0.161 e. The lowest BCUT2D eigenvalue weighted by atomic mass is 10.0. The molecule has 1 aliphatic heterocycles. The molecule has 4 heteroatoms. The fourth-order valence-electron chi connectivity index (χ4n) is 10.3. The summed E-state index contributed by atoms with van der Waals surface area (Å²) < 4.78 is 9.62. The van der Waals surface area contributed by atoms with Gasteiger partial charge < -0.3 is 8.98 Å². The minimum atomic E-state index is 0.595. The van der Waals surface area contributed by atoms with E-state index in [1.54, 1.807) is 0 Å². The Labute approximate surface area is 385 Å². The Morgan fingerprint density at radius 3 is 1.84 bits per heavy atom. The van der Waals surface area contributed by atoms with E-state index in [0.717, 1.165) is 88.3 Å². The summed E-state index contributed by atoms with van der Waals surface area (Å²) in [5, 5.41) is 13.9. The highest BCUT2D eigenvalue weighted by Gasteiger charge is 2.24. The molecule has 1 aliphatic rings. The molecule has 2 aromatic heterocycles. The third-order valence-corrected chi connectivity index (χ3v) is 13.5. The van der Waals surface area contributed by atoms with Gasteiger partial charge in [-0.25, -0.2) is 9.98 Å². The van der Waals surface area contributed by atoms with Crippen LogP contribution >= 0.6 is 0 Å². The van der Waals surface area contributed by atoms with Gasteiger partial charge in [0.1, 0.15) is 16.9 Å². The van der Waals surface area contributed by atoms with Gasteiger partial charge in [0.2, 0.25) is 0 Å². The number of amidine groups is 1. The number of fused-ring (bicyclic) bond motifs is 11. The van der Waals surface area contributed by atoms with Crippen LogP contribution in [0.15, 0.2) is 245 Å². The first-order valence-corrected chi connectivity index (χ1v) is 22.7. The van der Waals surface area contributed by atoms with Crippen LogP contribution in [-0.4, -0.2) is 16.1 Å². The second-order valence-corrected chi connectivity index (χ2v) is 17.4. The lowest BCUT2D eigenvalue weighted by Crippen LogP contribution is -2.04. The topological polar surface area (TPSA) is 42.8 Å². The van der Waals surface area contributed by atoms with E-state index < -0.39 is 0 Å². The van der Waals surface area contributed by atoms with Gasteiger partial charge in [0.15, 0.2) is 5.84 Å². The van der Waals surface area contributed by atoms with E-state index in [1.165, 1.54) is 37.7 Å². The molecule has 3 heterocycles. The normalized spacial score (nSPS) is 13.0. The fourth-order valence-corrected chi connectivity index (χ4v) is 10.3. The highest BCUT2D eigenvalue weighted by Crippen LogP contribution is 2.45. The average Bonchev–Trinajstić information content (AvgIpc) is 3.82. The van der Waals surface area contributed by atoms with Crippen LogP contribution in [0.2, 0.25) is 0 Å². The Balaban J connectivity index is 1.06. The number of nitrogens with zero attached hydrogens (tertiary/aromatic N) is 3. The molecular formula is C63H37N3O. The van der Waals surface area contributed by atoms with Crippen LogP contribution < -0.4 is 0 Å². The van der Waals surface area contributed by atoms with Crippen molar-refractivity contribution in [2.24, 2.45) is 9.98 Å². The second-order valence-electron chi connectivity index (χ2n) is 17.4. The van der Waals surface area contributed by atoms with Crippen molar-refractivity contribution >= 4 is 104 Å². The van der Waals surface area contributed by atoms with Crippen LogP contribution in [0.1, 0.15) is 16.7 Å². The summed E-state index contributed by atoms with van der Waals surface area (Å²) >= 11 is 0. The zero-order valence-corrected chi connectivity index (χ0v) is 36.1. The summed E-state index contributed by atoms with van der Waals surface area (Å²) in [4.78, 5) is 10.8. The smallest absolute Gasteiger partial charge is 0.161 e. The monoisotopic (exact) mass is 851 g/mol. The molecule has 310 valence electrons. The van der Waals surface area contributed by atoms with Crippen LogP contribution in [0.5, 0.6) is 0 Å². The molecule has 0 atom stereocenters. The van der Waals surface area contributed by atoms with Crippen molar-refractivity contribution in [3.05, 3.63) is 247 Å². The molecule has 4 nitrogen and oxygen atoms in total. The molecule has 0 amide bonds. The van der Waals surface area contributed by atoms with Crippen molar-refractivity contribution < 1.29 is 4.42 Å². The standard InChI is InChI=1S/C63H37N3O/c1-2-13-39(14-3-1)43-22-12-23-49(34-43)63-64-54(48-26-25-40-15-4-5-17-42(40)33-48)29-30-55(65-63)51-28-32-57(61-53-36-45-19-7-9-21-47(45)38-59(53)67-62(51)61)66-56-31-27-41-16-10-11-24-50(41)60(56)52-35-44-18-6-8-20-46(44)37-58(52)66/h1-29,31-38H. The van der Waals surface area contributed by atoms with E-state index in [1.807, 2.05) is 12.1 Å². The highest BCUT2D eigenvalue weighted by atomic mass is 16.3. The van der Waals surface area contributed by atoms with E-state index in [0.29, 0.717) is 11.5 Å². The lowest BCUT2D eigenvalue weighted by Gasteiger charge is -2.13. The summed E-state index contributed by atoms with van der Waals surface area (Å²) in [6.45, 7) is 0. The average molecular weight is 852 g/mol. The zero-order valence-electron chi connectivity index (χ0n) is 36.1. The molecule has 0 bridgehead atoms. The minimum Gasteiger partial charge on any atom is -0.455 e. The summed E-state index contributed by atoms with van der Waals surface area (Å²) in [7, 11) is 0. The van der Waals surface area contributed by atoms with E-state index in [9.17, 15) is 0 Å². The zero-order chi connectivity index (χ0) is 44.0. The summed E-state index contributed by atoms with van der Waals surface area (Å²) in [5.41, 5.74) is 14.9. The van der Waals surface area contributed by atoms with Gasteiger partial charge in [0.05, 0.1) is 33.4 Å². The van der Waals surface area contributed by atoms with Gasteiger partial charge in [0, 0.05) is 33.4 Å². The summed E-state index contributed by atoms with van der Waals surface area (Å²) in [6, 6.07) is 77.9. The van der Waals surface area contributed by atoms with Crippen molar-refractivity contribution in [2.45, 2.75) is 0 Å². The van der Waals surface area contributed by atoms with Crippen molar-refractivity contribution in [1.82, 2.24) is 4.57 Å². The van der Waals surface area contributed by atoms with Crippen molar-refractivity contribution in [2.75, 3.05) is 0 Å². The maximum atomic E-state index is 7.17. The van der Waals surface area contributed by atoms with Crippen LogP contribution in [0.4, 0.5) is 0 Å². The van der Waals surface area contributed by atoms with E-state index in [4.69, 9.17) is 14.4 Å². The molecular weight excluding hydrogens is 815 g/mol. The Kier molecular flexibility index (Phi) is 8.20. The third kappa shape index (κ3) is 6.02. The number of hydrogen-bond donors (Lipinski definition) is 0. The number of rotatable bonds is 5. The molecule has 0 saturated carbocycles. The molecule has 0 unspecified atom stereocenters. The first-order chi connectivity index (χ1) is 33.2. The van der Waals surface area contributed by atoms with Gasteiger partial charge in [-0.15, -0.1) is 0 Å². The third-order valence-electron chi connectivity index (χ3n) is 13.5. The number of aliphatic imine (C=N–C) groups is 2. The van der Waals surface area contributed by atoms with Crippen LogP contribution in [-0.2, 0) is 0 Å². The largest absolute Gasteiger partial charge is 0.455 e. The van der Waals surface area contributed by atoms with Gasteiger partial charge >= 0.3 is 0 Å². The van der Waals surface area contributed by atoms with E-state index >= 15 is 0 Å². The van der Waals surface area contributed by atoms with E-state index in [-0.39, 0.29) is 0 Å². The molecule has 0 fully saturated rings. The molecule has 0 radical (unpaired) electrons. The van der Waals surface area contributed by atoms with Crippen LogP contribution in [0.3, 0.4) is 0 Å². The highest BCUT2D eigenvalue weighted by molar-refractivity contribution is 6.25. The van der Waals surface area contributed by atoms with Crippen molar-refractivity contribution in [3.63, 3.8) is 0 Å². The van der Waals surface area contributed by atoms with Crippen LogP contribution in [0.25, 0.3) is 109 Å². The molecule has 11 aromatic carbocycles. The molecule has 14 rings (SSSR count). The quantitative estimate of drug-likeness (QED) is 0.159. The molecule has 0 saturated heterocycles. The van der Waals surface area contributed by atoms with Gasteiger partial charge in [-0.2, -0.15) is 0 Å². The van der Waals surface area contributed by atoms with Gasteiger partial charge in [-0.3, -0.25) is 0 Å². The molecule has 0 N–H and O–H groups in total. The van der Waals surface area contributed by atoms with Gasteiger partial charge in [-0.05, 0) is 109 Å². The van der Waals surface area contributed by atoms with E-state index in [2.05, 4.69) is 223 Å². The predicted octanol–water partition coefficient (Wildman–Crippen LogP) is 16.4. The molecule has 0 spiro atoms. The Morgan fingerprint density at radius 2 is 1.03 bits per heavy atom. The number of allylic oxidation sites excluding steroid dienone is 1. The van der Waals surface area contributed by atoms with Gasteiger partial charge in [-0.1, -0.05) is 170 Å². The number of hydrogen-bond acceptors (Lipinski definition) is 3.